The van der Waals surface area contributed by atoms with Crippen molar-refractivity contribution < 1.29 is 14.0 Å². The number of nitrogens with one attached hydrogen (secondary N) is 2. The van der Waals surface area contributed by atoms with Crippen molar-refractivity contribution in [1.29, 1.82) is 0 Å². The Kier molecular flexibility index (Phi) is 7.99. The first kappa shape index (κ1) is 23.9. The van der Waals surface area contributed by atoms with Crippen LogP contribution in [0.5, 0.6) is 0 Å². The number of imide groups is 1. The molecule has 0 saturated carbocycles. The molecule has 2 N–H and O–H groups in total. The van der Waals surface area contributed by atoms with Gasteiger partial charge in [-0.15, -0.1) is 24.0 Å². The van der Waals surface area contributed by atoms with Gasteiger partial charge in [-0.1, -0.05) is 12.1 Å². The van der Waals surface area contributed by atoms with E-state index in [-0.39, 0.29) is 60.7 Å². The number of anilines is 1. The molecule has 1 aromatic carbocycles. The van der Waals surface area contributed by atoms with Gasteiger partial charge in [0.2, 0.25) is 0 Å². The molecule has 0 radical (unpaired) electrons. The lowest BCUT2D eigenvalue weighted by Crippen LogP contribution is -2.45. The zero-order chi connectivity index (χ0) is 21.8. The van der Waals surface area contributed by atoms with Gasteiger partial charge in [0, 0.05) is 38.4 Å². The minimum Gasteiger partial charge on any atom is -0.357 e. The van der Waals surface area contributed by atoms with E-state index >= 15 is 0 Å². The van der Waals surface area contributed by atoms with E-state index in [1.807, 2.05) is 11.8 Å². The summed E-state index contributed by atoms with van der Waals surface area (Å²) in [4.78, 5) is 36.8. The number of carbonyl (C=O) groups is 2. The van der Waals surface area contributed by atoms with Crippen LogP contribution in [0, 0.1) is 5.82 Å². The van der Waals surface area contributed by atoms with Gasteiger partial charge >= 0.3 is 0 Å². The predicted octanol–water partition coefficient (Wildman–Crippen LogP) is 2.27. The number of aromatic nitrogens is 1. The number of pyridine rings is 1. The Morgan fingerprint density at radius 1 is 1.19 bits per heavy atom. The van der Waals surface area contributed by atoms with Gasteiger partial charge in [0.1, 0.15) is 0 Å². The second kappa shape index (κ2) is 10.7. The van der Waals surface area contributed by atoms with Crippen LogP contribution in [0.25, 0.3) is 0 Å². The van der Waals surface area contributed by atoms with Crippen molar-refractivity contribution in [1.82, 2.24) is 20.5 Å². The van der Waals surface area contributed by atoms with Gasteiger partial charge in [-0.05, 0) is 37.6 Å². The summed E-state index contributed by atoms with van der Waals surface area (Å²) in [6.07, 6.45) is 2.41. The summed E-state index contributed by atoms with van der Waals surface area (Å²) >= 11 is 0. The van der Waals surface area contributed by atoms with Gasteiger partial charge in [-0.25, -0.2) is 9.37 Å². The highest BCUT2D eigenvalue weighted by atomic mass is 127. The molecule has 0 bridgehead atoms. The number of nitrogens with zero attached hydrogens (tertiary/aromatic N) is 4. The smallest absolute Gasteiger partial charge is 0.261 e. The largest absolute Gasteiger partial charge is 0.357 e. The SMILES string of the molecule is CCNC(=NCCN1C(=O)c2ccccc2C1=O)NC1CCN(c2ncccc2F)C1.I. The fourth-order valence-corrected chi connectivity index (χ4v) is 3.90. The van der Waals surface area contributed by atoms with Crippen LogP contribution in [0.15, 0.2) is 47.6 Å². The van der Waals surface area contributed by atoms with Crippen LogP contribution in [-0.2, 0) is 0 Å². The first-order chi connectivity index (χ1) is 15.1. The van der Waals surface area contributed by atoms with Crippen LogP contribution in [0.2, 0.25) is 0 Å². The highest BCUT2D eigenvalue weighted by Gasteiger charge is 2.34. The first-order valence-corrected chi connectivity index (χ1v) is 10.4. The number of carbonyl (C=O) groups excluding carboxylic acids is 2. The Morgan fingerprint density at radius 2 is 1.91 bits per heavy atom. The third-order valence-electron chi connectivity index (χ3n) is 5.38. The van der Waals surface area contributed by atoms with E-state index in [0.717, 1.165) is 6.42 Å². The maximum Gasteiger partial charge on any atom is 0.261 e. The number of rotatable bonds is 6. The summed E-state index contributed by atoms with van der Waals surface area (Å²) in [5.74, 6) is 0.0756. The number of hydrogen-bond donors (Lipinski definition) is 2. The molecule has 1 fully saturated rings. The number of guanidine groups is 1. The van der Waals surface area contributed by atoms with E-state index < -0.39 is 0 Å². The molecule has 10 heteroatoms. The first-order valence-electron chi connectivity index (χ1n) is 10.4. The molecule has 1 saturated heterocycles. The topological polar surface area (TPSA) is 89.9 Å². The molecule has 4 rings (SSSR count). The fraction of sp³-hybridized carbons (Fsp3) is 0.364. The number of fused-ring (bicyclic) bond motifs is 1. The van der Waals surface area contributed by atoms with Crippen molar-refractivity contribution in [2.45, 2.75) is 19.4 Å². The summed E-state index contributed by atoms with van der Waals surface area (Å²) in [5, 5.41) is 6.54. The zero-order valence-electron chi connectivity index (χ0n) is 17.8. The van der Waals surface area contributed by atoms with Crippen LogP contribution in [0.3, 0.4) is 0 Å². The van der Waals surface area contributed by atoms with E-state index in [1.165, 1.54) is 11.0 Å². The zero-order valence-corrected chi connectivity index (χ0v) is 20.1. The minimum atomic E-state index is -0.329. The van der Waals surface area contributed by atoms with Gasteiger partial charge in [0.15, 0.2) is 17.6 Å². The summed E-state index contributed by atoms with van der Waals surface area (Å²) in [6.45, 7) is 4.43. The molecule has 1 unspecified atom stereocenters. The molecule has 0 spiro atoms. The van der Waals surface area contributed by atoms with E-state index in [9.17, 15) is 14.0 Å². The lowest BCUT2D eigenvalue weighted by molar-refractivity contribution is 0.0659. The van der Waals surface area contributed by atoms with E-state index in [4.69, 9.17) is 0 Å². The molecule has 0 aliphatic carbocycles. The van der Waals surface area contributed by atoms with E-state index in [0.29, 0.717) is 42.5 Å². The maximum atomic E-state index is 14.0. The van der Waals surface area contributed by atoms with Crippen molar-refractivity contribution >= 4 is 47.6 Å². The van der Waals surface area contributed by atoms with Crippen LogP contribution in [0.1, 0.15) is 34.1 Å². The fourth-order valence-electron chi connectivity index (χ4n) is 3.90. The second-order valence-corrected chi connectivity index (χ2v) is 7.45. The predicted molar refractivity (Wildman–Crippen MR) is 131 cm³/mol. The molecular formula is C22H26FIN6O2. The third-order valence-corrected chi connectivity index (χ3v) is 5.38. The second-order valence-electron chi connectivity index (χ2n) is 7.45. The Bertz CT molecular complexity index is 982. The number of halogens is 2. The van der Waals surface area contributed by atoms with Gasteiger partial charge in [0.05, 0.1) is 17.7 Å². The maximum absolute atomic E-state index is 14.0. The minimum absolute atomic E-state index is 0. The van der Waals surface area contributed by atoms with Crippen molar-refractivity contribution in [3.8, 4) is 0 Å². The van der Waals surface area contributed by atoms with Gasteiger partial charge in [0.25, 0.3) is 11.8 Å². The van der Waals surface area contributed by atoms with E-state index in [2.05, 4.69) is 20.6 Å². The van der Waals surface area contributed by atoms with Crippen LogP contribution in [-0.4, -0.2) is 66.4 Å². The average Bonchev–Trinajstić information content (AvgIpc) is 3.33. The summed E-state index contributed by atoms with van der Waals surface area (Å²) in [7, 11) is 0. The molecule has 8 nitrogen and oxygen atoms in total. The quantitative estimate of drug-likeness (QED) is 0.248. The Balaban J connectivity index is 0.00000289. The molecule has 2 aliphatic rings. The van der Waals surface area contributed by atoms with Crippen molar-refractivity contribution in [2.75, 3.05) is 37.6 Å². The normalized spacial score (nSPS) is 17.9. The molecule has 1 aromatic heterocycles. The highest BCUT2D eigenvalue weighted by Crippen LogP contribution is 2.22. The molecule has 3 heterocycles. The van der Waals surface area contributed by atoms with E-state index in [1.54, 1.807) is 36.5 Å². The van der Waals surface area contributed by atoms with Gasteiger partial charge in [-0.2, -0.15) is 0 Å². The molecule has 2 aromatic rings. The Hall–Kier alpha value is -2.76. The Labute approximate surface area is 203 Å². The Morgan fingerprint density at radius 3 is 2.56 bits per heavy atom. The molecule has 2 amide bonds. The summed E-state index contributed by atoms with van der Waals surface area (Å²) in [5.41, 5.74) is 0.878. The van der Waals surface area contributed by atoms with Crippen LogP contribution < -0.4 is 15.5 Å². The summed E-state index contributed by atoms with van der Waals surface area (Å²) in [6, 6.07) is 9.91. The third kappa shape index (κ3) is 5.00. The van der Waals surface area contributed by atoms with Crippen molar-refractivity contribution in [3.63, 3.8) is 0 Å². The highest BCUT2D eigenvalue weighted by molar-refractivity contribution is 14.0. The molecule has 32 heavy (non-hydrogen) atoms. The number of aliphatic imine (C=N–C) groups is 1. The molecular weight excluding hydrogens is 526 g/mol. The van der Waals surface area contributed by atoms with Crippen LogP contribution >= 0.6 is 24.0 Å². The van der Waals surface area contributed by atoms with Crippen LogP contribution in [0.4, 0.5) is 10.2 Å². The lowest BCUT2D eigenvalue weighted by atomic mass is 10.1. The van der Waals surface area contributed by atoms with Gasteiger partial charge in [-0.3, -0.25) is 19.5 Å². The molecule has 2 aliphatic heterocycles. The van der Waals surface area contributed by atoms with Gasteiger partial charge < -0.3 is 15.5 Å². The molecule has 1 atom stereocenters. The molecule has 170 valence electrons. The summed E-state index contributed by atoms with van der Waals surface area (Å²) < 4.78 is 14.0. The average molecular weight is 552 g/mol. The lowest BCUT2D eigenvalue weighted by Gasteiger charge is -2.20. The number of amides is 2. The van der Waals surface area contributed by atoms with Crippen molar-refractivity contribution in [2.24, 2.45) is 4.99 Å². The standard InChI is InChI=1S/C22H25FN6O2.HI/c1-2-24-22(27-15-9-12-28(14-15)19-18(23)8-5-10-25-19)26-11-13-29-20(30)16-6-3-4-7-17(16)21(29)31;/h3-8,10,15H,2,9,11-14H2,1H3,(H2,24,26,27);1H. The number of benzene rings is 1. The van der Waals surface area contributed by atoms with Crippen molar-refractivity contribution in [3.05, 3.63) is 59.5 Å². The number of hydrogen-bond acceptors (Lipinski definition) is 5. The monoisotopic (exact) mass is 552 g/mol.